The van der Waals surface area contributed by atoms with Crippen molar-refractivity contribution in [2.75, 3.05) is 0 Å². The van der Waals surface area contributed by atoms with Crippen LogP contribution in [-0.2, 0) is 4.57 Å². The first-order chi connectivity index (χ1) is 5.75. The molecule has 0 rings (SSSR count). The summed E-state index contributed by atoms with van der Waals surface area (Å²) in [4.78, 5) is 0. The Balaban J connectivity index is 5.69. The van der Waals surface area contributed by atoms with Gasteiger partial charge in [0, 0.05) is 15.5 Å². The zero-order chi connectivity index (χ0) is 12.0. The molecule has 0 heterocycles. The standard InChI is InChI=1S/C12H27OP/c1-10(2,3)14(13,11(4,5)6)12(7,8)9/h1-9H3. The first-order valence-electron chi connectivity index (χ1n) is 5.35. The molecule has 0 N–H and O–H groups in total. The topological polar surface area (TPSA) is 17.1 Å². The Kier molecular flexibility index (Phi) is 3.43. The fraction of sp³-hybridized carbons (Fsp3) is 1.00. The van der Waals surface area contributed by atoms with Crippen LogP contribution in [0.25, 0.3) is 0 Å². The van der Waals surface area contributed by atoms with Crippen molar-refractivity contribution in [3.05, 3.63) is 0 Å². The van der Waals surface area contributed by atoms with Crippen LogP contribution < -0.4 is 0 Å². The van der Waals surface area contributed by atoms with Gasteiger partial charge < -0.3 is 4.57 Å². The average Bonchev–Trinajstić information content (AvgIpc) is 1.77. The van der Waals surface area contributed by atoms with E-state index in [2.05, 4.69) is 62.3 Å². The highest BCUT2D eigenvalue weighted by Crippen LogP contribution is 2.74. The minimum absolute atomic E-state index is 0.122. The van der Waals surface area contributed by atoms with Crippen LogP contribution in [0, 0.1) is 0 Å². The average molecular weight is 218 g/mol. The first kappa shape index (κ1) is 14.2. The summed E-state index contributed by atoms with van der Waals surface area (Å²) in [5.74, 6) is 0. The molecule has 0 saturated carbocycles. The lowest BCUT2D eigenvalue weighted by atomic mass is 10.2. The zero-order valence-electron chi connectivity index (χ0n) is 11.4. The summed E-state index contributed by atoms with van der Waals surface area (Å²) in [6.45, 7) is 18.9. The van der Waals surface area contributed by atoms with Gasteiger partial charge in [0.2, 0.25) is 0 Å². The van der Waals surface area contributed by atoms with Crippen molar-refractivity contribution in [1.29, 1.82) is 0 Å². The minimum Gasteiger partial charge on any atom is -0.322 e. The Labute approximate surface area is 90.0 Å². The maximum Gasteiger partial charge on any atom is 0.103 e. The molecule has 0 spiro atoms. The van der Waals surface area contributed by atoms with E-state index in [1.807, 2.05) is 0 Å². The van der Waals surface area contributed by atoms with Crippen LogP contribution in [0.5, 0.6) is 0 Å². The van der Waals surface area contributed by atoms with Crippen molar-refractivity contribution < 1.29 is 4.57 Å². The maximum absolute atomic E-state index is 13.3. The summed E-state index contributed by atoms with van der Waals surface area (Å²) in [6.07, 6.45) is 0. The van der Waals surface area contributed by atoms with Gasteiger partial charge in [0.15, 0.2) is 0 Å². The molecule has 0 saturated heterocycles. The molecule has 0 aromatic carbocycles. The fourth-order valence-corrected chi connectivity index (χ4v) is 9.06. The molecule has 86 valence electrons. The SMILES string of the molecule is CC(C)(C)P(=O)(C(C)(C)C)C(C)(C)C. The lowest BCUT2D eigenvalue weighted by Gasteiger charge is -2.49. The molecule has 1 nitrogen and oxygen atoms in total. The van der Waals surface area contributed by atoms with Crippen molar-refractivity contribution in [3.63, 3.8) is 0 Å². The molecule has 0 bridgehead atoms. The van der Waals surface area contributed by atoms with Crippen LogP contribution in [-0.4, -0.2) is 15.5 Å². The highest BCUT2D eigenvalue weighted by atomic mass is 31.2. The smallest absolute Gasteiger partial charge is 0.103 e. The van der Waals surface area contributed by atoms with E-state index in [0.29, 0.717) is 0 Å². The summed E-state index contributed by atoms with van der Waals surface area (Å²) < 4.78 is 13.3. The van der Waals surface area contributed by atoms with E-state index in [1.165, 1.54) is 0 Å². The van der Waals surface area contributed by atoms with Crippen LogP contribution in [0.2, 0.25) is 0 Å². The highest BCUT2D eigenvalue weighted by Gasteiger charge is 2.53. The molecule has 0 radical (unpaired) electrons. The fourth-order valence-electron chi connectivity index (χ4n) is 3.02. The monoisotopic (exact) mass is 218 g/mol. The lowest BCUT2D eigenvalue weighted by molar-refractivity contribution is 0.486. The number of hydrogen-bond acceptors (Lipinski definition) is 1. The quantitative estimate of drug-likeness (QED) is 0.536. The van der Waals surface area contributed by atoms with Gasteiger partial charge in [-0.15, -0.1) is 0 Å². The van der Waals surface area contributed by atoms with E-state index >= 15 is 0 Å². The Morgan fingerprint density at radius 1 is 0.571 bits per heavy atom. The van der Waals surface area contributed by atoms with E-state index < -0.39 is 7.14 Å². The Hall–Kier alpha value is 0.230. The second-order valence-electron chi connectivity index (χ2n) is 7.12. The minimum atomic E-state index is -2.27. The Bertz CT molecular complexity index is 202. The molecular formula is C12H27OP. The molecule has 0 aromatic rings. The largest absolute Gasteiger partial charge is 0.322 e. The summed E-state index contributed by atoms with van der Waals surface area (Å²) in [6, 6.07) is 0. The molecule has 0 aromatic heterocycles. The van der Waals surface area contributed by atoms with E-state index in [4.69, 9.17) is 0 Å². The Morgan fingerprint density at radius 3 is 0.714 bits per heavy atom. The number of hydrogen-bond donors (Lipinski definition) is 0. The van der Waals surface area contributed by atoms with Crippen molar-refractivity contribution in [1.82, 2.24) is 0 Å². The van der Waals surface area contributed by atoms with Crippen LogP contribution in [0.3, 0.4) is 0 Å². The molecule has 0 amide bonds. The molecule has 0 aliphatic carbocycles. The van der Waals surface area contributed by atoms with Gasteiger partial charge in [-0.1, -0.05) is 62.3 Å². The molecule has 2 heteroatoms. The third-order valence-electron chi connectivity index (χ3n) is 2.83. The van der Waals surface area contributed by atoms with E-state index in [0.717, 1.165) is 0 Å². The van der Waals surface area contributed by atoms with Gasteiger partial charge in [-0.3, -0.25) is 0 Å². The summed E-state index contributed by atoms with van der Waals surface area (Å²) in [7, 11) is -2.27. The first-order valence-corrected chi connectivity index (χ1v) is 7.06. The van der Waals surface area contributed by atoms with Crippen LogP contribution >= 0.6 is 7.14 Å². The normalized spacial score (nSPS) is 15.8. The molecule has 0 aliphatic heterocycles. The van der Waals surface area contributed by atoms with Gasteiger partial charge in [-0.2, -0.15) is 0 Å². The predicted octanol–water partition coefficient (Wildman–Crippen LogP) is 4.75. The predicted molar refractivity (Wildman–Crippen MR) is 66.9 cm³/mol. The van der Waals surface area contributed by atoms with E-state index in [-0.39, 0.29) is 15.5 Å². The second-order valence-corrected chi connectivity index (χ2v) is 12.4. The summed E-state index contributed by atoms with van der Waals surface area (Å²) >= 11 is 0. The van der Waals surface area contributed by atoms with Gasteiger partial charge in [-0.05, 0) is 0 Å². The van der Waals surface area contributed by atoms with Gasteiger partial charge in [0.1, 0.15) is 7.14 Å². The van der Waals surface area contributed by atoms with Gasteiger partial charge in [0.25, 0.3) is 0 Å². The molecule has 0 atom stereocenters. The highest BCUT2D eigenvalue weighted by molar-refractivity contribution is 7.68. The van der Waals surface area contributed by atoms with Crippen molar-refractivity contribution in [2.45, 2.75) is 77.8 Å². The molecule has 0 unspecified atom stereocenters. The van der Waals surface area contributed by atoms with Crippen LogP contribution in [0.15, 0.2) is 0 Å². The summed E-state index contributed by atoms with van der Waals surface area (Å²) in [5, 5.41) is -0.365. The third-order valence-corrected chi connectivity index (χ3v) is 8.50. The second kappa shape index (κ2) is 3.37. The van der Waals surface area contributed by atoms with Crippen molar-refractivity contribution in [3.8, 4) is 0 Å². The van der Waals surface area contributed by atoms with Crippen LogP contribution in [0.1, 0.15) is 62.3 Å². The van der Waals surface area contributed by atoms with Crippen molar-refractivity contribution in [2.24, 2.45) is 0 Å². The van der Waals surface area contributed by atoms with Gasteiger partial charge >= 0.3 is 0 Å². The molecule has 0 aliphatic rings. The molecular weight excluding hydrogens is 191 g/mol. The number of rotatable bonds is 0. The zero-order valence-corrected chi connectivity index (χ0v) is 12.2. The van der Waals surface area contributed by atoms with E-state index in [9.17, 15) is 4.57 Å². The summed E-state index contributed by atoms with van der Waals surface area (Å²) in [5.41, 5.74) is 0. The third kappa shape index (κ3) is 2.08. The van der Waals surface area contributed by atoms with E-state index in [1.54, 1.807) is 0 Å². The molecule has 14 heavy (non-hydrogen) atoms. The maximum atomic E-state index is 13.3. The Morgan fingerprint density at radius 2 is 0.714 bits per heavy atom. The lowest BCUT2D eigenvalue weighted by Crippen LogP contribution is -2.38. The van der Waals surface area contributed by atoms with Gasteiger partial charge in [-0.25, -0.2) is 0 Å². The van der Waals surface area contributed by atoms with Crippen LogP contribution in [0.4, 0.5) is 0 Å². The van der Waals surface area contributed by atoms with Crippen molar-refractivity contribution >= 4 is 7.14 Å². The van der Waals surface area contributed by atoms with Gasteiger partial charge in [0.05, 0.1) is 0 Å². The molecule has 0 fully saturated rings.